The lowest BCUT2D eigenvalue weighted by Gasteiger charge is -2.26. The second-order valence-electron chi connectivity index (χ2n) is 17.7. The quantitative estimate of drug-likeness (QED) is 0.140. The Kier molecular flexibility index (Phi) is 12.7. The molecule has 0 aliphatic rings. The Morgan fingerprint density at radius 3 is 0.761 bits per heavy atom. The lowest BCUT2D eigenvalue weighted by atomic mass is 10.1. The summed E-state index contributed by atoms with van der Waals surface area (Å²) in [5.41, 5.74) is 13.5. The van der Waals surface area contributed by atoms with Crippen LogP contribution >= 0.6 is 0 Å². The van der Waals surface area contributed by atoms with Gasteiger partial charge in [0.2, 0.25) is 0 Å². The summed E-state index contributed by atoms with van der Waals surface area (Å²) in [5.74, 6) is 0. The van der Waals surface area contributed by atoms with E-state index in [1.165, 1.54) is 49.3 Å². The molecule has 4 nitrogen and oxygen atoms in total. The van der Waals surface area contributed by atoms with E-state index in [2.05, 4.69) is 318 Å². The van der Waals surface area contributed by atoms with Crippen molar-refractivity contribution in [2.45, 2.75) is 6.92 Å². The summed E-state index contributed by atoms with van der Waals surface area (Å²) in [7, 11) is 0. The zero-order chi connectivity index (χ0) is 47.8. The lowest BCUT2D eigenvalue weighted by molar-refractivity contribution is 1.28. The van der Waals surface area contributed by atoms with Crippen LogP contribution in [0.3, 0.4) is 0 Å². The molecule has 0 radical (unpaired) electrons. The molecule has 0 saturated heterocycles. The van der Waals surface area contributed by atoms with Crippen molar-refractivity contribution in [3.05, 3.63) is 297 Å². The zero-order valence-electron chi connectivity index (χ0n) is 39.6. The molecule has 0 spiro atoms. The van der Waals surface area contributed by atoms with Gasteiger partial charge in [0.1, 0.15) is 0 Å². The van der Waals surface area contributed by atoms with Crippen LogP contribution in [0.5, 0.6) is 0 Å². The summed E-state index contributed by atoms with van der Waals surface area (Å²) >= 11 is 0. The first-order chi connectivity index (χ1) is 35.1. The highest BCUT2D eigenvalue weighted by atomic mass is 15.2. The molecule has 0 heterocycles. The number of hydrogen-bond donors (Lipinski definition) is 1. The molecular weight excluding hydrogens is 861 g/mol. The highest BCUT2D eigenvalue weighted by Gasteiger charge is 2.16. The van der Waals surface area contributed by atoms with Gasteiger partial charge in [0.25, 0.3) is 0 Å². The van der Waals surface area contributed by atoms with E-state index in [-0.39, 0.29) is 0 Å². The van der Waals surface area contributed by atoms with Gasteiger partial charge < -0.3 is 20.0 Å². The number of para-hydroxylation sites is 3. The molecule has 0 aliphatic carbocycles. The van der Waals surface area contributed by atoms with Gasteiger partial charge >= 0.3 is 0 Å². The van der Waals surface area contributed by atoms with Crippen molar-refractivity contribution in [1.29, 1.82) is 0 Å². The van der Waals surface area contributed by atoms with Crippen LogP contribution in [-0.4, -0.2) is 0 Å². The summed E-state index contributed by atoms with van der Waals surface area (Å²) in [6.07, 6.45) is 0. The van der Waals surface area contributed by atoms with Crippen LogP contribution in [0.15, 0.2) is 291 Å². The Labute approximate surface area is 416 Å². The Balaban J connectivity index is 0.000000191. The van der Waals surface area contributed by atoms with Gasteiger partial charge in [0.05, 0.1) is 0 Å². The first-order valence-corrected chi connectivity index (χ1v) is 24.2. The van der Waals surface area contributed by atoms with Crippen LogP contribution in [0, 0.1) is 6.92 Å². The Hall–Kier alpha value is -9.38. The van der Waals surface area contributed by atoms with Crippen LogP contribution in [0.2, 0.25) is 0 Å². The van der Waals surface area contributed by atoms with Crippen molar-refractivity contribution in [3.8, 4) is 0 Å². The van der Waals surface area contributed by atoms with Gasteiger partial charge in [-0.3, -0.25) is 0 Å². The topological polar surface area (TPSA) is 21.8 Å². The number of hydrogen-bond acceptors (Lipinski definition) is 4. The van der Waals surface area contributed by atoms with E-state index in [0.29, 0.717) is 0 Å². The molecule has 12 aromatic carbocycles. The molecule has 0 aromatic heterocycles. The predicted molar refractivity (Wildman–Crippen MR) is 304 cm³/mol. The predicted octanol–water partition coefficient (Wildman–Crippen LogP) is 19.3. The first kappa shape index (κ1) is 44.1. The van der Waals surface area contributed by atoms with Crippen molar-refractivity contribution in [2.75, 3.05) is 20.0 Å². The van der Waals surface area contributed by atoms with Crippen molar-refractivity contribution in [1.82, 2.24) is 0 Å². The minimum Gasteiger partial charge on any atom is -0.356 e. The highest BCUT2D eigenvalue weighted by Crippen LogP contribution is 2.40. The van der Waals surface area contributed by atoms with Gasteiger partial charge in [0.15, 0.2) is 0 Å². The SMILES string of the molecule is Cc1ccc(N(c2ccccc2)c2ccc3ccccc3c2)cc1.c1ccc(N(c2ccc(Nc3ccc(N(c4ccccc4)c4ccc5ccccc5c4)cc3)cc2)c2ccc3ccccc3c2)cc1. The van der Waals surface area contributed by atoms with Crippen molar-refractivity contribution >= 4 is 94.9 Å². The maximum atomic E-state index is 3.61. The normalized spacial score (nSPS) is 10.9. The van der Waals surface area contributed by atoms with Crippen molar-refractivity contribution in [2.24, 2.45) is 0 Å². The molecule has 0 unspecified atom stereocenters. The van der Waals surface area contributed by atoms with E-state index < -0.39 is 0 Å². The average molecular weight is 913 g/mol. The average Bonchev–Trinajstić information content (AvgIpc) is 3.43. The van der Waals surface area contributed by atoms with Gasteiger partial charge in [-0.25, -0.2) is 0 Å². The molecule has 12 aromatic rings. The summed E-state index contributed by atoms with van der Waals surface area (Å²) in [6.45, 7) is 2.12. The molecule has 0 aliphatic heterocycles. The fraction of sp³-hybridized carbons (Fsp3) is 0.0149. The number of anilines is 11. The fourth-order valence-corrected chi connectivity index (χ4v) is 9.27. The van der Waals surface area contributed by atoms with E-state index in [1.807, 2.05) is 0 Å². The van der Waals surface area contributed by atoms with Gasteiger partial charge in [-0.2, -0.15) is 0 Å². The van der Waals surface area contributed by atoms with Crippen molar-refractivity contribution < 1.29 is 0 Å². The Morgan fingerprint density at radius 1 is 0.211 bits per heavy atom. The minimum atomic E-state index is 1.03. The van der Waals surface area contributed by atoms with Gasteiger partial charge in [-0.05, 0) is 173 Å². The van der Waals surface area contributed by atoms with Crippen LogP contribution < -0.4 is 20.0 Å². The summed E-state index contributed by atoms with van der Waals surface area (Å²) in [6, 6.07) is 103. The van der Waals surface area contributed by atoms with Gasteiger partial charge in [-0.1, -0.05) is 163 Å². The fourth-order valence-electron chi connectivity index (χ4n) is 9.27. The third-order valence-electron chi connectivity index (χ3n) is 12.8. The zero-order valence-corrected chi connectivity index (χ0v) is 39.6. The third kappa shape index (κ3) is 9.96. The molecular formula is C67H52N4. The second kappa shape index (κ2) is 20.5. The monoisotopic (exact) mass is 912 g/mol. The number of benzene rings is 12. The Bertz CT molecular complexity index is 3510. The third-order valence-corrected chi connectivity index (χ3v) is 12.8. The van der Waals surface area contributed by atoms with Crippen LogP contribution in [0.4, 0.5) is 62.6 Å². The molecule has 0 atom stereocenters. The molecule has 1 N–H and O–H groups in total. The molecule has 4 heteroatoms. The van der Waals surface area contributed by atoms with Gasteiger partial charge in [0, 0.05) is 62.6 Å². The molecule has 0 amide bonds. The number of nitrogens with one attached hydrogen (secondary N) is 1. The molecule has 71 heavy (non-hydrogen) atoms. The number of fused-ring (bicyclic) bond motifs is 3. The molecule has 340 valence electrons. The summed E-state index contributed by atoms with van der Waals surface area (Å²) in [4.78, 5) is 6.90. The van der Waals surface area contributed by atoms with Crippen LogP contribution in [-0.2, 0) is 0 Å². The smallest absolute Gasteiger partial charge is 0.0468 e. The molecule has 0 fully saturated rings. The largest absolute Gasteiger partial charge is 0.356 e. The van der Waals surface area contributed by atoms with E-state index in [9.17, 15) is 0 Å². The van der Waals surface area contributed by atoms with E-state index in [1.54, 1.807) is 0 Å². The molecule has 0 saturated carbocycles. The number of rotatable bonds is 11. The summed E-state index contributed by atoms with van der Waals surface area (Å²) < 4.78 is 0. The standard InChI is InChI=1S/C44H33N3.C23H19N/c1-3-15-39(16-4-1)46(43-25-19-33-11-7-9-13-35(33)31-43)41-27-21-37(22-28-41)45-38-23-29-42(30-24-38)47(40-17-5-2-6-18-40)44-26-20-34-12-8-10-14-36(34)32-44;1-18-11-14-22(15-12-18)24(21-9-3-2-4-10-21)23-16-13-19-7-5-6-8-20(19)17-23/h1-32,45H;2-17H,1H3. The maximum absolute atomic E-state index is 3.61. The summed E-state index contributed by atoms with van der Waals surface area (Å²) in [5, 5.41) is 11.0. The second-order valence-corrected chi connectivity index (χ2v) is 17.7. The van der Waals surface area contributed by atoms with E-state index in [4.69, 9.17) is 0 Å². The van der Waals surface area contributed by atoms with E-state index in [0.717, 1.165) is 51.2 Å². The van der Waals surface area contributed by atoms with Crippen LogP contribution in [0.1, 0.15) is 5.56 Å². The van der Waals surface area contributed by atoms with Crippen molar-refractivity contribution in [3.63, 3.8) is 0 Å². The Morgan fingerprint density at radius 2 is 0.451 bits per heavy atom. The highest BCUT2D eigenvalue weighted by molar-refractivity contribution is 5.92. The maximum Gasteiger partial charge on any atom is 0.0468 e. The van der Waals surface area contributed by atoms with E-state index >= 15 is 0 Å². The first-order valence-electron chi connectivity index (χ1n) is 24.2. The lowest BCUT2D eigenvalue weighted by Crippen LogP contribution is -2.10. The van der Waals surface area contributed by atoms with Crippen LogP contribution in [0.25, 0.3) is 32.3 Å². The number of aryl methyl sites for hydroxylation is 1. The number of nitrogens with zero attached hydrogens (tertiary/aromatic N) is 3. The minimum absolute atomic E-state index is 1.03. The van der Waals surface area contributed by atoms with Gasteiger partial charge in [-0.15, -0.1) is 0 Å². The molecule has 0 bridgehead atoms. The molecule has 12 rings (SSSR count).